The van der Waals surface area contributed by atoms with Crippen LogP contribution >= 0.6 is 22.7 Å². The smallest absolute Gasteiger partial charge is 0.345 e. The van der Waals surface area contributed by atoms with E-state index in [1.54, 1.807) is 17.4 Å². The van der Waals surface area contributed by atoms with Crippen LogP contribution in [0.15, 0.2) is 60.7 Å². The third-order valence-electron chi connectivity index (χ3n) is 3.27. The summed E-state index contributed by atoms with van der Waals surface area (Å²) >= 11 is 2.95. The summed E-state index contributed by atoms with van der Waals surface area (Å²) in [4.78, 5) is 12.0. The minimum absolute atomic E-state index is 0.152. The Morgan fingerprint density at radius 2 is 1.43 bits per heavy atom. The average Bonchev–Trinajstić information content (AvgIpc) is 3.19. The summed E-state index contributed by atoms with van der Waals surface area (Å²) in [5.74, 6) is -0.851. The maximum Gasteiger partial charge on any atom is 0.345 e. The van der Waals surface area contributed by atoms with Gasteiger partial charge in [-0.1, -0.05) is 36.4 Å². The highest BCUT2D eigenvalue weighted by Crippen LogP contribution is 2.25. The molecule has 5 heteroatoms. The molecule has 0 bridgehead atoms. The molecule has 2 N–H and O–H groups in total. The fraction of sp³-hybridized carbons (Fsp3) is 0.0556. The highest BCUT2D eigenvalue weighted by Gasteiger charge is 2.06. The molecule has 0 aliphatic rings. The van der Waals surface area contributed by atoms with E-state index in [1.165, 1.54) is 21.4 Å². The van der Waals surface area contributed by atoms with E-state index in [0.29, 0.717) is 4.88 Å². The van der Waals surface area contributed by atoms with Crippen molar-refractivity contribution < 1.29 is 15.0 Å². The standard InChI is InChI=1S/C9H6O2S.C9H8OS/c10-9(11)8-5-6-3-1-2-4-7(6)12-8;10-6-8-5-7-3-1-2-4-9(7)11-8/h1-5H,(H,10,11);1-5,10H,6H2. The summed E-state index contributed by atoms with van der Waals surface area (Å²) in [6.45, 7) is 0.152. The van der Waals surface area contributed by atoms with Crippen molar-refractivity contribution >= 4 is 48.8 Å². The minimum atomic E-state index is -0.851. The molecular formula is C18H14O3S2. The van der Waals surface area contributed by atoms with Crippen LogP contribution < -0.4 is 0 Å². The Hall–Kier alpha value is -2.21. The molecule has 0 saturated heterocycles. The molecule has 2 heterocycles. The first-order valence-corrected chi connectivity index (χ1v) is 8.61. The van der Waals surface area contributed by atoms with E-state index in [4.69, 9.17) is 10.2 Å². The summed E-state index contributed by atoms with van der Waals surface area (Å²) in [5, 5.41) is 19.8. The van der Waals surface area contributed by atoms with Gasteiger partial charge in [0.2, 0.25) is 0 Å². The van der Waals surface area contributed by atoms with Crippen molar-refractivity contribution in [2.24, 2.45) is 0 Å². The molecule has 0 atom stereocenters. The molecular weight excluding hydrogens is 328 g/mol. The fourth-order valence-corrected chi connectivity index (χ4v) is 4.03. The Kier molecular flexibility index (Phi) is 4.71. The number of aliphatic hydroxyl groups is 1. The van der Waals surface area contributed by atoms with Crippen LogP contribution in [0.25, 0.3) is 20.2 Å². The molecule has 116 valence electrons. The molecule has 4 rings (SSSR count). The van der Waals surface area contributed by atoms with Crippen molar-refractivity contribution in [3.05, 3.63) is 70.4 Å². The van der Waals surface area contributed by atoms with Gasteiger partial charge in [-0.05, 0) is 35.0 Å². The van der Waals surface area contributed by atoms with Gasteiger partial charge in [0.15, 0.2) is 0 Å². The maximum atomic E-state index is 10.6. The molecule has 3 nitrogen and oxygen atoms in total. The summed E-state index contributed by atoms with van der Waals surface area (Å²) in [6.07, 6.45) is 0. The Balaban J connectivity index is 0.000000136. The zero-order valence-corrected chi connectivity index (χ0v) is 13.7. The molecule has 23 heavy (non-hydrogen) atoms. The predicted octanol–water partition coefficient (Wildman–Crippen LogP) is 4.99. The number of rotatable bonds is 2. The summed E-state index contributed by atoms with van der Waals surface area (Å²) in [6, 6.07) is 19.5. The van der Waals surface area contributed by atoms with Gasteiger partial charge in [-0.25, -0.2) is 4.79 Å². The van der Waals surface area contributed by atoms with Crippen molar-refractivity contribution in [3.8, 4) is 0 Å². The quantitative estimate of drug-likeness (QED) is 0.539. The van der Waals surface area contributed by atoms with E-state index in [2.05, 4.69) is 12.1 Å². The van der Waals surface area contributed by atoms with Gasteiger partial charge >= 0.3 is 5.97 Å². The molecule has 0 unspecified atom stereocenters. The lowest BCUT2D eigenvalue weighted by Gasteiger charge is -1.82. The van der Waals surface area contributed by atoms with Gasteiger partial charge < -0.3 is 10.2 Å². The van der Waals surface area contributed by atoms with Crippen LogP contribution in [-0.2, 0) is 6.61 Å². The van der Waals surface area contributed by atoms with Crippen molar-refractivity contribution in [1.29, 1.82) is 0 Å². The third-order valence-corrected chi connectivity index (χ3v) is 5.47. The number of carbonyl (C=O) groups is 1. The Bertz CT molecular complexity index is 887. The molecule has 2 aromatic heterocycles. The molecule has 0 saturated carbocycles. The highest BCUT2D eigenvalue weighted by molar-refractivity contribution is 7.20. The van der Waals surface area contributed by atoms with E-state index in [0.717, 1.165) is 15.0 Å². The number of fused-ring (bicyclic) bond motifs is 2. The van der Waals surface area contributed by atoms with Crippen LogP contribution in [0.5, 0.6) is 0 Å². The second kappa shape index (κ2) is 6.91. The van der Waals surface area contributed by atoms with Gasteiger partial charge in [0.05, 0.1) is 6.61 Å². The van der Waals surface area contributed by atoms with Crippen molar-refractivity contribution in [2.75, 3.05) is 0 Å². The van der Waals surface area contributed by atoms with Crippen LogP contribution in [0.1, 0.15) is 14.5 Å². The number of carboxylic acid groups (broad SMARTS) is 1. The number of aromatic carboxylic acids is 1. The van der Waals surface area contributed by atoms with Crippen LogP contribution in [0.3, 0.4) is 0 Å². The summed E-state index contributed by atoms with van der Waals surface area (Å²) in [5.41, 5.74) is 0. The number of hydrogen-bond acceptors (Lipinski definition) is 4. The summed E-state index contributed by atoms with van der Waals surface area (Å²) in [7, 11) is 0. The Labute approximate surface area is 141 Å². The zero-order valence-electron chi connectivity index (χ0n) is 12.1. The van der Waals surface area contributed by atoms with Gasteiger partial charge in [-0.2, -0.15) is 0 Å². The first-order valence-electron chi connectivity index (χ1n) is 6.97. The van der Waals surface area contributed by atoms with E-state index in [-0.39, 0.29) is 6.61 Å². The second-order valence-electron chi connectivity index (χ2n) is 4.86. The summed E-state index contributed by atoms with van der Waals surface area (Å²) < 4.78 is 2.27. The average molecular weight is 342 g/mol. The number of thiophene rings is 2. The predicted molar refractivity (Wildman–Crippen MR) is 96.5 cm³/mol. The van der Waals surface area contributed by atoms with Crippen LogP contribution in [0.2, 0.25) is 0 Å². The lowest BCUT2D eigenvalue weighted by atomic mass is 10.2. The van der Waals surface area contributed by atoms with Gasteiger partial charge in [0.25, 0.3) is 0 Å². The topological polar surface area (TPSA) is 57.5 Å². The lowest BCUT2D eigenvalue weighted by molar-refractivity contribution is 0.0702. The minimum Gasteiger partial charge on any atom is -0.477 e. The van der Waals surface area contributed by atoms with Crippen molar-refractivity contribution in [1.82, 2.24) is 0 Å². The van der Waals surface area contributed by atoms with E-state index < -0.39 is 5.97 Å². The molecule has 2 aromatic carbocycles. The number of carboxylic acids is 1. The van der Waals surface area contributed by atoms with E-state index in [9.17, 15) is 4.79 Å². The van der Waals surface area contributed by atoms with Crippen LogP contribution in [0.4, 0.5) is 0 Å². The van der Waals surface area contributed by atoms with Gasteiger partial charge in [-0.3, -0.25) is 0 Å². The lowest BCUT2D eigenvalue weighted by Crippen LogP contribution is -1.89. The first-order chi connectivity index (χ1) is 11.2. The monoisotopic (exact) mass is 342 g/mol. The highest BCUT2D eigenvalue weighted by atomic mass is 32.1. The largest absolute Gasteiger partial charge is 0.477 e. The van der Waals surface area contributed by atoms with Crippen LogP contribution in [0, 0.1) is 0 Å². The Morgan fingerprint density at radius 1 is 0.870 bits per heavy atom. The van der Waals surface area contributed by atoms with Crippen LogP contribution in [-0.4, -0.2) is 16.2 Å². The SMILES string of the molecule is O=C(O)c1cc2ccccc2s1.OCc1cc2ccccc2s1. The molecule has 0 amide bonds. The third kappa shape index (κ3) is 3.59. The number of aliphatic hydroxyl groups excluding tert-OH is 1. The Morgan fingerprint density at radius 3 is 1.96 bits per heavy atom. The van der Waals surface area contributed by atoms with E-state index >= 15 is 0 Å². The molecule has 0 aliphatic carbocycles. The molecule has 0 aliphatic heterocycles. The molecule has 0 radical (unpaired) electrons. The maximum absolute atomic E-state index is 10.6. The van der Waals surface area contributed by atoms with Gasteiger partial charge in [-0.15, -0.1) is 22.7 Å². The van der Waals surface area contributed by atoms with Crippen molar-refractivity contribution in [2.45, 2.75) is 6.61 Å². The van der Waals surface area contributed by atoms with Crippen molar-refractivity contribution in [3.63, 3.8) is 0 Å². The van der Waals surface area contributed by atoms with Gasteiger partial charge in [0, 0.05) is 14.3 Å². The normalized spacial score (nSPS) is 10.5. The fourth-order valence-electron chi connectivity index (χ4n) is 2.20. The molecule has 0 fully saturated rings. The first kappa shape index (κ1) is 15.7. The van der Waals surface area contributed by atoms with E-state index in [1.807, 2.05) is 42.5 Å². The second-order valence-corrected chi connectivity index (χ2v) is 7.11. The number of hydrogen-bond donors (Lipinski definition) is 2. The van der Waals surface area contributed by atoms with Gasteiger partial charge in [0.1, 0.15) is 4.88 Å². The zero-order chi connectivity index (χ0) is 16.2. The molecule has 4 aromatic rings. The molecule has 0 spiro atoms. The number of benzene rings is 2.